The number of hydrogen-bond acceptors (Lipinski definition) is 8. The van der Waals surface area contributed by atoms with E-state index in [9.17, 15) is 14.9 Å². The summed E-state index contributed by atoms with van der Waals surface area (Å²) in [6.45, 7) is 0. The number of aliphatic imine (C=N–C) groups is 1. The predicted octanol–water partition coefficient (Wildman–Crippen LogP) is 9.62. The molecule has 0 radical (unpaired) electrons. The van der Waals surface area contributed by atoms with E-state index in [0.29, 0.717) is 26.2 Å². The van der Waals surface area contributed by atoms with E-state index in [1.807, 2.05) is 72.8 Å². The lowest BCUT2D eigenvalue weighted by atomic mass is 9.93. The molecule has 1 N–H and O–H groups in total. The highest BCUT2D eigenvalue weighted by atomic mass is 32.2. The van der Waals surface area contributed by atoms with Gasteiger partial charge in [0.15, 0.2) is 5.16 Å². The lowest BCUT2D eigenvalue weighted by molar-refractivity contribution is -0.387. The maximum absolute atomic E-state index is 13.6. The number of nitrogens with one attached hydrogen (secondary N) is 1. The SMILES string of the molecule is O=C(NC1CCCCC1)c1c(N=Cc2ccc(Sc3nc(-c4ccccc4)cc(-c4ccccc4)n3)c([N+](=O)[O-])c2)sc2c1CCCC2. The first-order chi connectivity index (χ1) is 23.5. The van der Waals surface area contributed by atoms with Gasteiger partial charge in [-0.2, -0.15) is 0 Å². The highest BCUT2D eigenvalue weighted by molar-refractivity contribution is 7.99. The number of carbonyl (C=O) groups excluding carboxylic acids is 1. The van der Waals surface area contributed by atoms with Gasteiger partial charge in [-0.25, -0.2) is 15.0 Å². The molecular formula is C38H35N5O3S2. The molecule has 2 heterocycles. The van der Waals surface area contributed by atoms with Crippen LogP contribution in [0.1, 0.15) is 71.3 Å². The summed E-state index contributed by atoms with van der Waals surface area (Å²) in [6, 6.07) is 26.9. The molecule has 0 atom stereocenters. The van der Waals surface area contributed by atoms with E-state index in [4.69, 9.17) is 15.0 Å². The minimum absolute atomic E-state index is 0.0428. The molecule has 10 heteroatoms. The van der Waals surface area contributed by atoms with E-state index in [1.54, 1.807) is 23.6 Å². The molecule has 0 saturated heterocycles. The second-order valence-electron chi connectivity index (χ2n) is 12.2. The van der Waals surface area contributed by atoms with Crippen LogP contribution in [0.15, 0.2) is 100.0 Å². The average Bonchev–Trinajstić information content (AvgIpc) is 3.51. The number of fused-ring (bicyclic) bond motifs is 1. The van der Waals surface area contributed by atoms with Gasteiger partial charge >= 0.3 is 0 Å². The molecule has 242 valence electrons. The smallest absolute Gasteiger partial charge is 0.283 e. The molecule has 1 amide bonds. The third-order valence-corrected chi connectivity index (χ3v) is 11.0. The number of nitro benzene ring substituents is 1. The van der Waals surface area contributed by atoms with Crippen molar-refractivity contribution >= 4 is 45.9 Å². The Balaban J connectivity index is 1.18. The Morgan fingerprint density at radius 1 is 0.875 bits per heavy atom. The van der Waals surface area contributed by atoms with Crippen molar-refractivity contribution in [3.63, 3.8) is 0 Å². The predicted molar refractivity (Wildman–Crippen MR) is 193 cm³/mol. The zero-order chi connectivity index (χ0) is 32.9. The lowest BCUT2D eigenvalue weighted by Crippen LogP contribution is -2.36. The molecule has 2 aromatic heterocycles. The minimum atomic E-state index is -0.383. The molecule has 0 unspecified atom stereocenters. The van der Waals surface area contributed by atoms with Crippen LogP contribution in [0.25, 0.3) is 22.5 Å². The molecule has 0 aliphatic heterocycles. The van der Waals surface area contributed by atoms with Crippen LogP contribution in [0.2, 0.25) is 0 Å². The molecule has 5 aromatic rings. The van der Waals surface area contributed by atoms with Crippen LogP contribution in [-0.4, -0.2) is 33.1 Å². The maximum atomic E-state index is 13.6. The molecule has 8 nitrogen and oxygen atoms in total. The molecule has 2 aliphatic carbocycles. The maximum Gasteiger partial charge on any atom is 0.283 e. The van der Waals surface area contributed by atoms with Crippen molar-refractivity contribution < 1.29 is 9.72 Å². The number of thiophene rings is 1. The fourth-order valence-corrected chi connectivity index (χ4v) is 8.53. The molecule has 0 spiro atoms. The average molecular weight is 674 g/mol. The Labute approximate surface area is 287 Å². The van der Waals surface area contributed by atoms with Crippen molar-refractivity contribution in [3.8, 4) is 22.5 Å². The van der Waals surface area contributed by atoms with Crippen LogP contribution in [0.4, 0.5) is 10.7 Å². The van der Waals surface area contributed by atoms with Crippen LogP contribution < -0.4 is 5.32 Å². The Hall–Kier alpha value is -4.67. The zero-order valence-electron chi connectivity index (χ0n) is 26.4. The number of carbonyl (C=O) groups is 1. The molecule has 1 fully saturated rings. The van der Waals surface area contributed by atoms with Crippen LogP contribution in [0.5, 0.6) is 0 Å². The number of amides is 1. The second kappa shape index (κ2) is 14.6. The first kappa shape index (κ1) is 31.9. The van der Waals surface area contributed by atoms with Gasteiger partial charge in [-0.3, -0.25) is 14.9 Å². The van der Waals surface area contributed by atoms with E-state index in [-0.39, 0.29) is 22.6 Å². The van der Waals surface area contributed by atoms with Crippen molar-refractivity contribution in [1.29, 1.82) is 0 Å². The quantitative estimate of drug-likeness (QED) is 0.0722. The van der Waals surface area contributed by atoms with E-state index < -0.39 is 0 Å². The molecule has 1 saturated carbocycles. The lowest BCUT2D eigenvalue weighted by Gasteiger charge is -2.23. The van der Waals surface area contributed by atoms with Crippen molar-refractivity contribution in [2.75, 3.05) is 0 Å². The number of benzene rings is 3. The molecule has 2 aliphatic rings. The molecular weight excluding hydrogens is 639 g/mol. The highest BCUT2D eigenvalue weighted by Crippen LogP contribution is 2.41. The third kappa shape index (κ3) is 7.24. The first-order valence-electron chi connectivity index (χ1n) is 16.5. The monoisotopic (exact) mass is 673 g/mol. The van der Waals surface area contributed by atoms with Gasteiger partial charge < -0.3 is 5.32 Å². The topological polar surface area (TPSA) is 110 Å². The van der Waals surface area contributed by atoms with Gasteiger partial charge in [-0.05, 0) is 73.5 Å². The van der Waals surface area contributed by atoms with Gasteiger partial charge in [0.2, 0.25) is 0 Å². The number of rotatable bonds is 9. The number of aryl methyl sites for hydroxylation is 1. The van der Waals surface area contributed by atoms with E-state index in [1.165, 1.54) is 29.1 Å². The van der Waals surface area contributed by atoms with Crippen molar-refractivity contribution in [3.05, 3.63) is 117 Å². The summed E-state index contributed by atoms with van der Waals surface area (Å²) in [4.78, 5) is 41.6. The van der Waals surface area contributed by atoms with Gasteiger partial charge in [0.25, 0.3) is 11.6 Å². The van der Waals surface area contributed by atoms with Gasteiger partial charge in [0, 0.05) is 34.3 Å². The highest BCUT2D eigenvalue weighted by Gasteiger charge is 2.27. The van der Waals surface area contributed by atoms with Crippen LogP contribution in [0.3, 0.4) is 0 Å². The Bertz CT molecular complexity index is 1910. The van der Waals surface area contributed by atoms with Crippen LogP contribution in [-0.2, 0) is 12.8 Å². The summed E-state index contributed by atoms with van der Waals surface area (Å²) in [5, 5.41) is 16.7. The first-order valence-corrected chi connectivity index (χ1v) is 18.1. The summed E-state index contributed by atoms with van der Waals surface area (Å²) in [5.41, 5.74) is 5.67. The summed E-state index contributed by atoms with van der Waals surface area (Å²) in [5.74, 6) is -0.0428. The summed E-state index contributed by atoms with van der Waals surface area (Å²) in [6.07, 6.45) is 11.2. The second-order valence-corrected chi connectivity index (χ2v) is 14.3. The standard InChI is InChI=1S/C38H35N5O3S2/c44-36(40-28-16-8-3-9-17-28)35-29-18-10-11-19-33(29)47-37(35)39-24-25-20-21-34(32(22-25)43(45)46)48-38-41-30(26-12-4-1-5-13-26)23-31(42-38)27-14-6-2-7-15-27/h1-2,4-7,12-15,20-24,28H,3,8-11,16-19H2,(H,40,44). The largest absolute Gasteiger partial charge is 0.349 e. The molecule has 0 bridgehead atoms. The normalized spacial score (nSPS) is 14.9. The van der Waals surface area contributed by atoms with Gasteiger partial charge in [-0.1, -0.05) is 86.0 Å². The fraction of sp³-hybridized carbons (Fsp3) is 0.263. The van der Waals surface area contributed by atoms with E-state index in [2.05, 4.69) is 5.32 Å². The zero-order valence-corrected chi connectivity index (χ0v) is 28.1. The number of aromatic nitrogens is 2. The van der Waals surface area contributed by atoms with Crippen molar-refractivity contribution in [1.82, 2.24) is 15.3 Å². The number of nitro groups is 1. The summed E-state index contributed by atoms with van der Waals surface area (Å²) < 4.78 is 0. The van der Waals surface area contributed by atoms with Gasteiger partial charge in [0.05, 0.1) is 26.8 Å². The van der Waals surface area contributed by atoms with Crippen molar-refractivity contribution in [2.45, 2.75) is 73.9 Å². The Morgan fingerprint density at radius 2 is 1.54 bits per heavy atom. The third-order valence-electron chi connectivity index (χ3n) is 8.88. The Kier molecular flexibility index (Phi) is 9.72. The minimum Gasteiger partial charge on any atom is -0.349 e. The molecule has 7 rings (SSSR count). The summed E-state index contributed by atoms with van der Waals surface area (Å²) >= 11 is 2.74. The Morgan fingerprint density at radius 3 is 2.21 bits per heavy atom. The summed E-state index contributed by atoms with van der Waals surface area (Å²) in [7, 11) is 0. The molecule has 48 heavy (non-hydrogen) atoms. The number of hydrogen-bond donors (Lipinski definition) is 1. The van der Waals surface area contributed by atoms with E-state index in [0.717, 1.165) is 79.4 Å². The van der Waals surface area contributed by atoms with Gasteiger partial charge in [0.1, 0.15) is 5.00 Å². The van der Waals surface area contributed by atoms with Gasteiger partial charge in [-0.15, -0.1) is 11.3 Å². The molecule has 3 aromatic carbocycles. The van der Waals surface area contributed by atoms with Crippen LogP contribution >= 0.6 is 23.1 Å². The fourth-order valence-electron chi connectivity index (χ4n) is 6.44. The van der Waals surface area contributed by atoms with E-state index >= 15 is 0 Å². The van der Waals surface area contributed by atoms with Crippen molar-refractivity contribution in [2.24, 2.45) is 4.99 Å². The van der Waals surface area contributed by atoms with Crippen LogP contribution in [0, 0.1) is 10.1 Å². The number of nitrogens with zero attached hydrogens (tertiary/aromatic N) is 4.